The van der Waals surface area contributed by atoms with Crippen molar-refractivity contribution in [3.05, 3.63) is 0 Å². The molecule has 5 unspecified atom stereocenters. The van der Waals surface area contributed by atoms with Crippen LogP contribution in [0.1, 0.15) is 0 Å². The lowest BCUT2D eigenvalue weighted by Gasteiger charge is -2.45. The van der Waals surface area contributed by atoms with Crippen LogP contribution in [0.25, 0.3) is 0 Å². The molecular formula is C12H22O11. The van der Waals surface area contributed by atoms with E-state index in [-0.39, 0.29) is 0 Å². The molecule has 2 aliphatic heterocycles. The molecule has 2 fully saturated rings. The fraction of sp³-hybridized carbons (Fsp3) is 1.00. The molecule has 0 amide bonds. The van der Waals surface area contributed by atoms with E-state index in [1.807, 2.05) is 0 Å². The van der Waals surface area contributed by atoms with Crippen LogP contribution >= 0.6 is 0 Å². The van der Waals surface area contributed by atoms with Gasteiger partial charge in [0, 0.05) is 0 Å². The average Bonchev–Trinajstić information content (AvgIpc) is 2.55. The fourth-order valence-corrected chi connectivity index (χ4v) is 2.57. The highest BCUT2D eigenvalue weighted by molar-refractivity contribution is 4.93. The lowest BCUT2D eigenvalue weighted by Crippen LogP contribution is -2.64. The summed E-state index contributed by atoms with van der Waals surface area (Å²) in [5.74, 6) is 0. The van der Waals surface area contributed by atoms with Crippen molar-refractivity contribution in [2.75, 3.05) is 13.2 Å². The van der Waals surface area contributed by atoms with E-state index in [1.54, 1.807) is 0 Å². The van der Waals surface area contributed by atoms with Crippen LogP contribution < -0.4 is 0 Å². The molecule has 0 aromatic heterocycles. The zero-order valence-electron chi connectivity index (χ0n) is 12.0. The summed E-state index contributed by atoms with van der Waals surface area (Å²) in [6.07, 6.45) is -15.6. The Morgan fingerprint density at radius 3 is 1.83 bits per heavy atom. The summed E-state index contributed by atoms with van der Waals surface area (Å²) >= 11 is 0. The highest BCUT2D eigenvalue weighted by Gasteiger charge is 2.50. The Morgan fingerprint density at radius 1 is 0.652 bits per heavy atom. The van der Waals surface area contributed by atoms with Gasteiger partial charge in [0.15, 0.2) is 12.6 Å². The maximum absolute atomic E-state index is 9.94. The van der Waals surface area contributed by atoms with Gasteiger partial charge in [0.05, 0.1) is 13.2 Å². The molecule has 2 heterocycles. The number of aliphatic hydroxyl groups is 8. The van der Waals surface area contributed by atoms with Gasteiger partial charge in [-0.3, -0.25) is 0 Å². The highest BCUT2D eigenvalue weighted by Crippen LogP contribution is 2.28. The van der Waals surface area contributed by atoms with Gasteiger partial charge in [0.2, 0.25) is 0 Å². The van der Waals surface area contributed by atoms with Gasteiger partial charge < -0.3 is 55.1 Å². The molecule has 11 heteroatoms. The molecule has 0 radical (unpaired) electrons. The number of rotatable bonds is 4. The maximum Gasteiger partial charge on any atom is 0.187 e. The second-order valence-corrected chi connectivity index (χ2v) is 5.53. The molecule has 11 nitrogen and oxygen atoms in total. The van der Waals surface area contributed by atoms with Crippen molar-refractivity contribution in [1.82, 2.24) is 0 Å². The quantitative estimate of drug-likeness (QED) is 0.243. The molecular weight excluding hydrogens is 320 g/mol. The van der Waals surface area contributed by atoms with Crippen molar-refractivity contribution in [1.29, 1.82) is 0 Å². The predicted octanol–water partition coefficient (Wildman–Crippen LogP) is -5.40. The molecule has 0 aliphatic carbocycles. The summed E-state index contributed by atoms with van der Waals surface area (Å²) in [7, 11) is 0. The van der Waals surface area contributed by atoms with Crippen molar-refractivity contribution in [2.24, 2.45) is 0 Å². The number of hydrogen-bond acceptors (Lipinski definition) is 11. The van der Waals surface area contributed by atoms with Crippen molar-refractivity contribution < 1.29 is 55.1 Å². The van der Waals surface area contributed by atoms with E-state index in [9.17, 15) is 35.7 Å². The van der Waals surface area contributed by atoms with Crippen molar-refractivity contribution >= 4 is 0 Å². The van der Waals surface area contributed by atoms with E-state index in [1.165, 1.54) is 0 Å². The van der Waals surface area contributed by atoms with E-state index < -0.39 is 74.6 Å². The summed E-state index contributed by atoms with van der Waals surface area (Å²) in [4.78, 5) is 0. The topological polar surface area (TPSA) is 190 Å². The maximum atomic E-state index is 9.94. The highest BCUT2D eigenvalue weighted by atomic mass is 16.7. The second-order valence-electron chi connectivity index (χ2n) is 5.53. The van der Waals surface area contributed by atoms with Gasteiger partial charge in [0.25, 0.3) is 0 Å². The molecule has 2 rings (SSSR count). The third-order valence-electron chi connectivity index (χ3n) is 3.98. The van der Waals surface area contributed by atoms with Crippen LogP contribution in [0, 0.1) is 0 Å². The van der Waals surface area contributed by atoms with Gasteiger partial charge in [-0.1, -0.05) is 0 Å². The first-order valence-corrected chi connectivity index (χ1v) is 7.08. The van der Waals surface area contributed by atoms with Crippen LogP contribution in [0.4, 0.5) is 0 Å². The second kappa shape index (κ2) is 7.63. The van der Waals surface area contributed by atoms with E-state index >= 15 is 0 Å². The standard InChI is InChI=1S/C12H22O11/c13-1-3-5(15)6(16)9(19)12(22-3)23-10-4(2-14)21-11(20)8(18)7(10)17/h3-20H,1-2H2/t3?,4?,5-,6-,7+,8?,9?,10+,11?,12+/m0/s1. The average molecular weight is 342 g/mol. The first kappa shape index (κ1) is 18.9. The van der Waals surface area contributed by atoms with Crippen LogP contribution in [0.5, 0.6) is 0 Å². The minimum Gasteiger partial charge on any atom is -0.394 e. The summed E-state index contributed by atoms with van der Waals surface area (Å²) in [5.41, 5.74) is 0. The van der Waals surface area contributed by atoms with Gasteiger partial charge in [-0.25, -0.2) is 0 Å². The molecule has 0 saturated carbocycles. The smallest absolute Gasteiger partial charge is 0.187 e. The van der Waals surface area contributed by atoms with E-state index in [0.29, 0.717) is 0 Å². The lowest BCUT2D eigenvalue weighted by atomic mass is 9.97. The van der Waals surface area contributed by atoms with Crippen LogP contribution in [-0.4, -0.2) is 115 Å². The summed E-state index contributed by atoms with van der Waals surface area (Å²) in [6, 6.07) is 0. The Labute approximate surface area is 130 Å². The van der Waals surface area contributed by atoms with Crippen molar-refractivity contribution in [2.45, 2.75) is 61.4 Å². The number of ether oxygens (including phenoxy) is 3. The molecule has 0 spiro atoms. The van der Waals surface area contributed by atoms with Crippen molar-refractivity contribution in [3.8, 4) is 0 Å². The van der Waals surface area contributed by atoms with Gasteiger partial charge >= 0.3 is 0 Å². The van der Waals surface area contributed by atoms with Crippen LogP contribution in [-0.2, 0) is 14.2 Å². The monoisotopic (exact) mass is 342 g/mol. The van der Waals surface area contributed by atoms with Crippen molar-refractivity contribution in [3.63, 3.8) is 0 Å². The number of aliphatic hydroxyl groups excluding tert-OH is 8. The van der Waals surface area contributed by atoms with Gasteiger partial charge in [-0.05, 0) is 0 Å². The third-order valence-corrected chi connectivity index (χ3v) is 3.98. The molecule has 0 aromatic rings. The van der Waals surface area contributed by atoms with Gasteiger partial charge in [0.1, 0.15) is 48.8 Å². The minimum absolute atomic E-state index is 0.667. The van der Waals surface area contributed by atoms with E-state index in [4.69, 9.17) is 19.3 Å². The summed E-state index contributed by atoms with van der Waals surface area (Å²) in [5, 5.41) is 76.5. The molecule has 136 valence electrons. The van der Waals surface area contributed by atoms with E-state index in [0.717, 1.165) is 0 Å². The third kappa shape index (κ3) is 3.65. The zero-order valence-corrected chi connectivity index (χ0v) is 12.0. The van der Waals surface area contributed by atoms with E-state index in [2.05, 4.69) is 0 Å². The minimum atomic E-state index is -1.74. The SMILES string of the molecule is OCC1OC(O)C(O)[C@@H](O)[C@@H]1O[C@H]1OC(CO)[C@H](O)[C@H](O)C1O. The molecule has 0 aromatic carbocycles. The summed E-state index contributed by atoms with van der Waals surface area (Å²) < 4.78 is 15.3. The molecule has 2 aliphatic rings. The zero-order chi connectivity index (χ0) is 17.3. The lowest BCUT2D eigenvalue weighted by molar-refractivity contribution is -0.355. The Hall–Kier alpha value is -0.440. The van der Waals surface area contributed by atoms with Crippen LogP contribution in [0.3, 0.4) is 0 Å². The molecule has 10 atom stereocenters. The molecule has 0 bridgehead atoms. The largest absolute Gasteiger partial charge is 0.394 e. The molecule has 2 saturated heterocycles. The Balaban J connectivity index is 2.11. The predicted molar refractivity (Wildman–Crippen MR) is 68.6 cm³/mol. The first-order chi connectivity index (χ1) is 10.8. The summed E-state index contributed by atoms with van der Waals surface area (Å²) in [6.45, 7) is -1.35. The Bertz CT molecular complexity index is 378. The van der Waals surface area contributed by atoms with Crippen LogP contribution in [0.15, 0.2) is 0 Å². The van der Waals surface area contributed by atoms with Gasteiger partial charge in [-0.2, -0.15) is 0 Å². The fourth-order valence-electron chi connectivity index (χ4n) is 2.57. The normalized spacial score (nSPS) is 51.7. The first-order valence-electron chi connectivity index (χ1n) is 7.08. The Morgan fingerprint density at radius 2 is 1.26 bits per heavy atom. The molecule has 23 heavy (non-hydrogen) atoms. The van der Waals surface area contributed by atoms with Crippen LogP contribution in [0.2, 0.25) is 0 Å². The number of hydrogen-bond donors (Lipinski definition) is 8. The molecule has 8 N–H and O–H groups in total. The Kier molecular flexibility index (Phi) is 6.27. The van der Waals surface area contributed by atoms with Gasteiger partial charge in [-0.15, -0.1) is 0 Å².